The third kappa shape index (κ3) is 143. The van der Waals surface area contributed by atoms with E-state index in [9.17, 15) is 0 Å². The van der Waals surface area contributed by atoms with Crippen LogP contribution in [-0.4, -0.2) is 17.5 Å². The second kappa shape index (κ2) is 1.26. The van der Waals surface area contributed by atoms with Crippen LogP contribution in [-0.2, 0) is 0 Å². The first kappa shape index (κ1) is 5.43. The molecule has 0 fully saturated rings. The molecule has 0 unspecified atom stereocenters. The van der Waals surface area contributed by atoms with Crippen molar-refractivity contribution in [1.29, 1.82) is 0 Å². The molecule has 0 aromatic heterocycles. The molecule has 0 amide bonds. The average molecular weight is 113 g/mol. The fourth-order valence-corrected chi connectivity index (χ4v) is 0. The summed E-state index contributed by atoms with van der Waals surface area (Å²) in [7, 11) is -3.14. The highest BCUT2D eigenvalue weighted by Crippen LogP contribution is 1.92. The van der Waals surface area contributed by atoms with E-state index in [-0.39, 0.29) is 0 Å². The van der Waals surface area contributed by atoms with E-state index < -0.39 is 7.87 Å². The van der Waals surface area contributed by atoms with Crippen LogP contribution in [0.3, 0.4) is 0 Å². The fraction of sp³-hybridized carbons (Fsp3) is 1.00. The molecule has 0 rings (SSSR count). The maximum Gasteiger partial charge on any atom is 0.434 e. The molecule has 0 aromatic rings. The highest BCUT2D eigenvalue weighted by Gasteiger charge is 2.14. The highest BCUT2D eigenvalue weighted by molar-refractivity contribution is 7.10. The van der Waals surface area contributed by atoms with Gasteiger partial charge in [-0.25, -0.2) is 0 Å². The standard InChI is InChI=1S/CH5ClO2Si/c1-5(2,3)4/h3-4H,1H3. The van der Waals surface area contributed by atoms with E-state index in [1.54, 1.807) is 0 Å². The molecule has 5 heavy (non-hydrogen) atoms. The van der Waals surface area contributed by atoms with Gasteiger partial charge in [0.2, 0.25) is 0 Å². The molecule has 0 saturated heterocycles. The molecule has 32 valence electrons. The Morgan fingerprint density at radius 2 is 1.60 bits per heavy atom. The molecule has 0 aliphatic heterocycles. The lowest BCUT2D eigenvalue weighted by Gasteiger charge is -1.93. The van der Waals surface area contributed by atoms with Gasteiger partial charge in [-0.2, -0.15) is 0 Å². The van der Waals surface area contributed by atoms with Gasteiger partial charge >= 0.3 is 7.87 Å². The van der Waals surface area contributed by atoms with Gasteiger partial charge in [0.05, 0.1) is 0 Å². The Balaban J connectivity index is 3.02. The zero-order valence-corrected chi connectivity index (χ0v) is 4.53. The molecule has 2 N–H and O–H groups in total. The fourth-order valence-electron chi connectivity index (χ4n) is 0. The summed E-state index contributed by atoms with van der Waals surface area (Å²) in [6, 6.07) is 0. The molecule has 0 aromatic carbocycles. The summed E-state index contributed by atoms with van der Waals surface area (Å²) in [4.78, 5) is 16.0. The van der Waals surface area contributed by atoms with Gasteiger partial charge < -0.3 is 9.59 Å². The molecule has 0 spiro atoms. The lowest BCUT2D eigenvalue weighted by Crippen LogP contribution is -2.19. The normalized spacial score (nSPS) is 12.0. The lowest BCUT2D eigenvalue weighted by atomic mass is 11.9. The summed E-state index contributed by atoms with van der Waals surface area (Å²) in [5, 5.41) is 0. The van der Waals surface area contributed by atoms with Crippen molar-refractivity contribution in [3.8, 4) is 0 Å². The molecular formula is CH5ClO2Si. The zero-order valence-electron chi connectivity index (χ0n) is 2.77. The number of rotatable bonds is 0. The molecule has 0 bridgehead atoms. The molecular weight excluding hydrogens is 108 g/mol. The maximum absolute atomic E-state index is 7.98. The highest BCUT2D eigenvalue weighted by atomic mass is 35.6. The maximum atomic E-state index is 7.98. The molecule has 2 nitrogen and oxygen atoms in total. The smallest absolute Gasteiger partial charge is 0.400 e. The van der Waals surface area contributed by atoms with E-state index in [2.05, 4.69) is 0 Å². The molecule has 0 heterocycles. The Morgan fingerprint density at radius 1 is 1.60 bits per heavy atom. The van der Waals surface area contributed by atoms with Gasteiger partial charge in [-0.15, -0.1) is 0 Å². The minimum atomic E-state index is -3.14. The van der Waals surface area contributed by atoms with Crippen LogP contribution >= 0.6 is 11.1 Å². The van der Waals surface area contributed by atoms with Gasteiger partial charge in [0, 0.05) is 0 Å². The van der Waals surface area contributed by atoms with Crippen LogP contribution in [0.4, 0.5) is 0 Å². The molecule has 0 saturated carbocycles. The monoisotopic (exact) mass is 112 g/mol. The van der Waals surface area contributed by atoms with E-state index in [1.165, 1.54) is 6.55 Å². The third-order valence-electron chi connectivity index (χ3n) is 0. The first-order valence-corrected chi connectivity index (χ1v) is 4.54. The summed E-state index contributed by atoms with van der Waals surface area (Å²) < 4.78 is 0. The van der Waals surface area contributed by atoms with Crippen LogP contribution in [0.2, 0.25) is 6.55 Å². The Bertz CT molecular complexity index is 25.1. The SMILES string of the molecule is C[Si](O)(O)Cl. The number of hydrogen-bond acceptors (Lipinski definition) is 2. The summed E-state index contributed by atoms with van der Waals surface area (Å²) in [5.41, 5.74) is 0. The molecule has 4 heteroatoms. The van der Waals surface area contributed by atoms with Gasteiger partial charge in [0.25, 0.3) is 0 Å². The largest absolute Gasteiger partial charge is 0.434 e. The van der Waals surface area contributed by atoms with Gasteiger partial charge in [-0.1, -0.05) is 11.1 Å². The van der Waals surface area contributed by atoms with Crippen molar-refractivity contribution in [3.63, 3.8) is 0 Å². The van der Waals surface area contributed by atoms with Crippen molar-refractivity contribution >= 4 is 18.9 Å². The van der Waals surface area contributed by atoms with Crippen molar-refractivity contribution in [2.45, 2.75) is 6.55 Å². The topological polar surface area (TPSA) is 40.5 Å². The van der Waals surface area contributed by atoms with Crippen molar-refractivity contribution < 1.29 is 9.59 Å². The first-order valence-electron chi connectivity index (χ1n) is 1.14. The third-order valence-corrected chi connectivity index (χ3v) is 0. The summed E-state index contributed by atoms with van der Waals surface area (Å²) in [5.74, 6) is 0. The summed E-state index contributed by atoms with van der Waals surface area (Å²) >= 11 is 4.78. The van der Waals surface area contributed by atoms with Gasteiger partial charge in [0.15, 0.2) is 0 Å². The Hall–Kier alpha value is 0.427. The predicted octanol–water partition coefficient (Wildman–Crippen LogP) is -0.222. The van der Waals surface area contributed by atoms with Crippen LogP contribution in [0.5, 0.6) is 0 Å². The molecule has 0 aliphatic rings. The van der Waals surface area contributed by atoms with E-state index >= 15 is 0 Å². The minimum absolute atomic E-state index is 1.20. The predicted molar refractivity (Wildman–Crippen MR) is 21.9 cm³/mol. The number of hydrogen-bond donors (Lipinski definition) is 2. The Morgan fingerprint density at radius 3 is 1.60 bits per heavy atom. The lowest BCUT2D eigenvalue weighted by molar-refractivity contribution is 0.403. The van der Waals surface area contributed by atoms with Crippen molar-refractivity contribution in [1.82, 2.24) is 0 Å². The zero-order chi connectivity index (χ0) is 4.50. The van der Waals surface area contributed by atoms with Gasteiger partial charge in [0.1, 0.15) is 0 Å². The minimum Gasteiger partial charge on any atom is -0.400 e. The van der Waals surface area contributed by atoms with Crippen LogP contribution in [0.15, 0.2) is 0 Å². The quantitative estimate of drug-likeness (QED) is 0.336. The Labute approximate surface area is 36.0 Å². The van der Waals surface area contributed by atoms with Crippen molar-refractivity contribution in [3.05, 3.63) is 0 Å². The van der Waals surface area contributed by atoms with Gasteiger partial charge in [-0.05, 0) is 6.55 Å². The molecule has 0 atom stereocenters. The summed E-state index contributed by atoms with van der Waals surface area (Å²) in [6.45, 7) is 1.20. The van der Waals surface area contributed by atoms with E-state index in [4.69, 9.17) is 20.7 Å². The number of halogens is 1. The van der Waals surface area contributed by atoms with E-state index in [1.807, 2.05) is 0 Å². The van der Waals surface area contributed by atoms with Crippen LogP contribution in [0.25, 0.3) is 0 Å². The van der Waals surface area contributed by atoms with Gasteiger partial charge in [-0.3, -0.25) is 0 Å². The Kier molecular flexibility index (Phi) is 1.37. The van der Waals surface area contributed by atoms with Crippen molar-refractivity contribution in [2.24, 2.45) is 0 Å². The van der Waals surface area contributed by atoms with Crippen LogP contribution < -0.4 is 0 Å². The second-order valence-electron chi connectivity index (χ2n) is 0.905. The van der Waals surface area contributed by atoms with E-state index in [0.29, 0.717) is 0 Å². The molecule has 0 radical (unpaired) electrons. The summed E-state index contributed by atoms with van der Waals surface area (Å²) in [6.07, 6.45) is 0. The van der Waals surface area contributed by atoms with Crippen LogP contribution in [0.1, 0.15) is 0 Å². The molecule has 0 aliphatic carbocycles. The average Bonchev–Trinajstić information content (AvgIpc) is 0.722. The second-order valence-corrected chi connectivity index (χ2v) is 4.86. The van der Waals surface area contributed by atoms with Crippen LogP contribution in [0, 0.1) is 0 Å². The first-order chi connectivity index (χ1) is 2.00. The van der Waals surface area contributed by atoms with Crippen molar-refractivity contribution in [2.75, 3.05) is 0 Å². The van der Waals surface area contributed by atoms with E-state index in [0.717, 1.165) is 0 Å².